The minimum atomic E-state index is -0.528. The Morgan fingerprint density at radius 3 is 2.83 bits per heavy atom. The second kappa shape index (κ2) is 7.25. The molecule has 1 aromatic heterocycles. The molecule has 0 amide bonds. The van der Waals surface area contributed by atoms with Gasteiger partial charge < -0.3 is 15.2 Å². The number of aromatic nitrogens is 4. The molecule has 0 bridgehead atoms. The zero-order valence-corrected chi connectivity index (χ0v) is 14.1. The summed E-state index contributed by atoms with van der Waals surface area (Å²) in [5.74, 6) is 0.570. The smallest absolute Gasteiger partial charge is 0.242 e. The molecule has 2 atom stereocenters. The highest BCUT2D eigenvalue weighted by atomic mass is 16.5. The van der Waals surface area contributed by atoms with E-state index < -0.39 is 5.54 Å². The molecular formula is C16H24N6O2. The normalized spacial score (nSPS) is 24.9. The van der Waals surface area contributed by atoms with Crippen molar-refractivity contribution in [2.45, 2.75) is 25.0 Å². The molecule has 1 aromatic carbocycles. The van der Waals surface area contributed by atoms with Crippen molar-refractivity contribution in [3.05, 3.63) is 35.9 Å². The van der Waals surface area contributed by atoms with Gasteiger partial charge >= 0.3 is 0 Å². The van der Waals surface area contributed by atoms with Crippen LogP contribution in [0, 0.1) is 0 Å². The average molecular weight is 332 g/mol. The van der Waals surface area contributed by atoms with Crippen molar-refractivity contribution in [3.8, 4) is 0 Å². The second-order valence-corrected chi connectivity index (χ2v) is 6.34. The molecule has 24 heavy (non-hydrogen) atoms. The van der Waals surface area contributed by atoms with E-state index in [0.717, 1.165) is 6.54 Å². The molecule has 0 aliphatic carbocycles. The summed E-state index contributed by atoms with van der Waals surface area (Å²) in [7, 11) is 1.77. The summed E-state index contributed by atoms with van der Waals surface area (Å²) in [6.07, 6.45) is 0. The van der Waals surface area contributed by atoms with Gasteiger partial charge in [0.25, 0.3) is 0 Å². The summed E-state index contributed by atoms with van der Waals surface area (Å²) in [4.78, 5) is 2.31. The maximum atomic E-state index is 10.2. The number of hydrogen-bond acceptors (Lipinski definition) is 7. The quantitative estimate of drug-likeness (QED) is 0.785. The van der Waals surface area contributed by atoms with Crippen LogP contribution in [0.1, 0.15) is 12.5 Å². The molecule has 8 nitrogen and oxygen atoms in total. The van der Waals surface area contributed by atoms with Crippen LogP contribution in [0.4, 0.5) is 5.95 Å². The maximum Gasteiger partial charge on any atom is 0.242 e. The number of ether oxygens (including phenoxy) is 1. The van der Waals surface area contributed by atoms with Gasteiger partial charge in [0, 0.05) is 26.2 Å². The van der Waals surface area contributed by atoms with Crippen molar-refractivity contribution >= 4 is 5.95 Å². The Morgan fingerprint density at radius 2 is 2.17 bits per heavy atom. The van der Waals surface area contributed by atoms with E-state index in [1.807, 2.05) is 18.2 Å². The Labute approximate surface area is 141 Å². The second-order valence-electron chi connectivity index (χ2n) is 6.34. The first-order valence-electron chi connectivity index (χ1n) is 8.10. The van der Waals surface area contributed by atoms with Gasteiger partial charge in [-0.15, -0.1) is 0 Å². The molecule has 0 radical (unpaired) electrons. The number of morpholine rings is 1. The Balaban J connectivity index is 1.80. The molecule has 0 unspecified atom stereocenters. The fourth-order valence-corrected chi connectivity index (χ4v) is 3.13. The molecule has 1 aliphatic rings. The summed E-state index contributed by atoms with van der Waals surface area (Å²) in [6, 6.07) is 10.5. The molecule has 0 saturated carbocycles. The molecule has 130 valence electrons. The average Bonchev–Trinajstić information content (AvgIpc) is 3.02. The first-order chi connectivity index (χ1) is 11.6. The van der Waals surface area contributed by atoms with Crippen LogP contribution in [0.5, 0.6) is 0 Å². The standard InChI is InChI=1S/C16H24N6O2/c1-13-9-24-12-16(11-23,10-17-15-18-19-20-21(15)2)22(13)8-14-6-4-3-5-7-14/h3-7,13,23H,8-12H2,1-2H3,(H,17,18,20)/t13-,16+/m1/s1. The fraction of sp³-hybridized carbons (Fsp3) is 0.562. The highest BCUT2D eigenvalue weighted by molar-refractivity contribution is 5.24. The van der Waals surface area contributed by atoms with Crippen molar-refractivity contribution in [1.29, 1.82) is 0 Å². The minimum absolute atomic E-state index is 0.0115. The molecule has 1 fully saturated rings. The van der Waals surface area contributed by atoms with Crippen LogP contribution in [0.15, 0.2) is 30.3 Å². The van der Waals surface area contributed by atoms with Crippen molar-refractivity contribution in [3.63, 3.8) is 0 Å². The van der Waals surface area contributed by atoms with Crippen molar-refractivity contribution in [2.24, 2.45) is 7.05 Å². The Hall–Kier alpha value is -2.03. The zero-order valence-electron chi connectivity index (χ0n) is 14.1. The van der Waals surface area contributed by atoms with Crippen molar-refractivity contribution in [1.82, 2.24) is 25.1 Å². The SMILES string of the molecule is C[C@@H]1COC[C@@](CO)(CNc2nnnn2C)N1Cc1ccccc1. The third kappa shape index (κ3) is 3.40. The molecule has 2 N–H and O–H groups in total. The van der Waals surface area contributed by atoms with Gasteiger partial charge in [-0.3, -0.25) is 4.90 Å². The maximum absolute atomic E-state index is 10.2. The van der Waals surface area contributed by atoms with Gasteiger partial charge in [0.2, 0.25) is 5.95 Å². The Bertz CT molecular complexity index is 649. The van der Waals surface area contributed by atoms with Gasteiger partial charge in [0.05, 0.1) is 25.4 Å². The molecule has 3 rings (SSSR count). The molecule has 1 aliphatic heterocycles. The van der Waals surface area contributed by atoms with Crippen LogP contribution >= 0.6 is 0 Å². The highest BCUT2D eigenvalue weighted by Gasteiger charge is 2.42. The number of nitrogens with zero attached hydrogens (tertiary/aromatic N) is 5. The minimum Gasteiger partial charge on any atom is -0.394 e. The largest absolute Gasteiger partial charge is 0.394 e. The van der Waals surface area contributed by atoms with Gasteiger partial charge in [-0.25, -0.2) is 4.68 Å². The number of rotatable bonds is 6. The van der Waals surface area contributed by atoms with Crippen LogP contribution in [-0.2, 0) is 18.3 Å². The lowest BCUT2D eigenvalue weighted by Gasteiger charge is -2.49. The summed E-state index contributed by atoms with van der Waals surface area (Å²) in [5.41, 5.74) is 0.684. The highest BCUT2D eigenvalue weighted by Crippen LogP contribution is 2.27. The van der Waals surface area contributed by atoms with Crippen LogP contribution in [0.2, 0.25) is 0 Å². The Kier molecular flexibility index (Phi) is 5.08. The molecule has 8 heteroatoms. The van der Waals surface area contributed by atoms with Crippen LogP contribution in [0.25, 0.3) is 0 Å². The van der Waals surface area contributed by atoms with E-state index in [2.05, 4.69) is 44.8 Å². The van der Waals surface area contributed by atoms with E-state index in [1.54, 1.807) is 11.7 Å². The first-order valence-corrected chi connectivity index (χ1v) is 8.10. The summed E-state index contributed by atoms with van der Waals surface area (Å²) >= 11 is 0. The lowest BCUT2D eigenvalue weighted by atomic mass is 9.94. The van der Waals surface area contributed by atoms with Gasteiger partial charge in [0.1, 0.15) is 0 Å². The molecular weight excluding hydrogens is 308 g/mol. The zero-order chi connectivity index (χ0) is 17.0. The lowest BCUT2D eigenvalue weighted by molar-refractivity contribution is -0.117. The first kappa shape index (κ1) is 16.8. The number of nitrogens with one attached hydrogen (secondary N) is 1. The van der Waals surface area contributed by atoms with Gasteiger partial charge in [-0.05, 0) is 22.9 Å². The summed E-state index contributed by atoms with van der Waals surface area (Å²) < 4.78 is 7.33. The van der Waals surface area contributed by atoms with Crippen LogP contribution in [-0.4, -0.2) is 68.2 Å². The molecule has 1 saturated heterocycles. The van der Waals surface area contributed by atoms with Gasteiger partial charge in [-0.2, -0.15) is 0 Å². The molecule has 0 spiro atoms. The van der Waals surface area contributed by atoms with Gasteiger partial charge in [0.15, 0.2) is 0 Å². The third-order valence-electron chi connectivity index (χ3n) is 4.56. The summed E-state index contributed by atoms with van der Waals surface area (Å²) in [6.45, 7) is 4.47. The number of aliphatic hydroxyl groups is 1. The predicted octanol–water partition coefficient (Wildman–Crippen LogP) is 0.274. The third-order valence-corrected chi connectivity index (χ3v) is 4.56. The number of tetrazole rings is 1. The van der Waals surface area contributed by atoms with E-state index in [0.29, 0.717) is 25.7 Å². The van der Waals surface area contributed by atoms with E-state index >= 15 is 0 Å². The number of hydrogen-bond donors (Lipinski definition) is 2. The van der Waals surface area contributed by atoms with E-state index in [9.17, 15) is 5.11 Å². The predicted molar refractivity (Wildman–Crippen MR) is 89.4 cm³/mol. The summed E-state index contributed by atoms with van der Waals surface area (Å²) in [5, 5.41) is 24.8. The van der Waals surface area contributed by atoms with E-state index in [-0.39, 0.29) is 12.6 Å². The Morgan fingerprint density at radius 1 is 1.38 bits per heavy atom. The number of aryl methyl sites for hydroxylation is 1. The van der Waals surface area contributed by atoms with E-state index in [1.165, 1.54) is 5.56 Å². The van der Waals surface area contributed by atoms with Crippen molar-refractivity contribution < 1.29 is 9.84 Å². The van der Waals surface area contributed by atoms with E-state index in [4.69, 9.17) is 4.74 Å². The van der Waals surface area contributed by atoms with Crippen LogP contribution in [0.3, 0.4) is 0 Å². The lowest BCUT2D eigenvalue weighted by Crippen LogP contribution is -2.65. The fourth-order valence-electron chi connectivity index (χ4n) is 3.13. The topological polar surface area (TPSA) is 88.3 Å². The number of aliphatic hydroxyl groups excluding tert-OH is 1. The molecule has 2 aromatic rings. The number of benzene rings is 1. The van der Waals surface area contributed by atoms with Crippen LogP contribution < -0.4 is 5.32 Å². The molecule has 2 heterocycles. The van der Waals surface area contributed by atoms with Gasteiger partial charge in [-0.1, -0.05) is 35.4 Å². The number of anilines is 1. The van der Waals surface area contributed by atoms with Crippen molar-refractivity contribution in [2.75, 3.05) is 31.7 Å². The monoisotopic (exact) mass is 332 g/mol.